The summed E-state index contributed by atoms with van der Waals surface area (Å²) in [5.41, 5.74) is 1.30. The van der Waals surface area contributed by atoms with Crippen LogP contribution in [-0.4, -0.2) is 72.6 Å². The van der Waals surface area contributed by atoms with E-state index in [4.69, 9.17) is 23.9 Å². The molecule has 1 aromatic heterocycles. The molecule has 1 saturated heterocycles. The van der Waals surface area contributed by atoms with Gasteiger partial charge in [0, 0.05) is 5.39 Å². The van der Waals surface area contributed by atoms with E-state index in [2.05, 4.69) is 18.5 Å². The maximum absolute atomic E-state index is 14.5. The average molecular weight is 637 g/mol. The number of nitrogens with zero attached hydrogens (tertiary/aromatic N) is 2. The molecule has 0 radical (unpaired) electrons. The smallest absolute Gasteiger partial charge is 0.497 e. The molecular weight excluding hydrogens is 586 g/mol. The Hall–Kier alpha value is -3.92. The Balaban J connectivity index is 1.58. The molecule has 4 rings (SSSR count). The van der Waals surface area contributed by atoms with Crippen molar-refractivity contribution in [3.05, 3.63) is 49.2 Å². The van der Waals surface area contributed by atoms with E-state index < -0.39 is 40.8 Å². The standard InChI is InChI=1S/C36H49N3O7/c1-9-11-12-14-25-15-13-16-30(25)46-35(41)38-33(22(3)4)34(40)39(36(42)44-8)21-32(23(5)24(39)6)45-31-20-26-19-27(43-7)17-18-29(26)37-28(31)10-2/h9-10,17-20,22-25,30,32-33H,1-2,11-16,21H2,3-8H3/p+1/t23?,24?,25-,30-,32+,33?,39?/m1/s1. The van der Waals surface area contributed by atoms with Crippen LogP contribution in [0.1, 0.15) is 71.9 Å². The third-order valence-electron chi connectivity index (χ3n) is 9.93. The Kier molecular flexibility index (Phi) is 11.5. The lowest BCUT2D eigenvalue weighted by molar-refractivity contribution is -0.796. The number of alkyl carbamates (subject to hydrolysis) is 1. The van der Waals surface area contributed by atoms with Crippen LogP contribution in [0, 0.1) is 17.8 Å². The molecule has 1 saturated carbocycles. The molecule has 3 amide bonds. The molecule has 0 spiro atoms. The summed E-state index contributed by atoms with van der Waals surface area (Å²) < 4.78 is 22.5. The predicted octanol–water partition coefficient (Wildman–Crippen LogP) is 7.06. The fourth-order valence-electron chi connectivity index (χ4n) is 7.01. The molecule has 2 aliphatic rings. The molecule has 10 nitrogen and oxygen atoms in total. The molecule has 0 bridgehead atoms. The number of hydrogen-bond donors (Lipinski definition) is 1. The molecule has 4 unspecified atom stereocenters. The van der Waals surface area contributed by atoms with Crippen molar-refractivity contribution in [2.45, 2.75) is 90.5 Å². The van der Waals surface area contributed by atoms with Crippen LogP contribution >= 0.6 is 0 Å². The van der Waals surface area contributed by atoms with Gasteiger partial charge in [0.05, 0.1) is 25.7 Å². The van der Waals surface area contributed by atoms with Crippen molar-refractivity contribution in [1.29, 1.82) is 0 Å². The van der Waals surface area contributed by atoms with E-state index >= 15 is 0 Å². The van der Waals surface area contributed by atoms with Crippen molar-refractivity contribution < 1.29 is 37.8 Å². The van der Waals surface area contributed by atoms with E-state index in [0.717, 1.165) is 49.4 Å². The Labute approximate surface area is 272 Å². The van der Waals surface area contributed by atoms with Crippen LogP contribution in [0.5, 0.6) is 11.5 Å². The summed E-state index contributed by atoms with van der Waals surface area (Å²) in [5.74, 6) is 0.443. The lowest BCUT2D eigenvalue weighted by Crippen LogP contribution is -2.66. The minimum absolute atomic E-state index is 0.0223. The van der Waals surface area contributed by atoms with Crippen molar-refractivity contribution in [1.82, 2.24) is 10.3 Å². The zero-order valence-electron chi connectivity index (χ0n) is 28.1. The Morgan fingerprint density at radius 3 is 2.52 bits per heavy atom. The van der Waals surface area contributed by atoms with Crippen LogP contribution in [-0.2, 0) is 14.3 Å². The van der Waals surface area contributed by atoms with Gasteiger partial charge >= 0.3 is 18.1 Å². The highest BCUT2D eigenvalue weighted by Crippen LogP contribution is 2.39. The molecule has 1 aliphatic heterocycles. The number of imide groups is 1. The van der Waals surface area contributed by atoms with Crippen molar-refractivity contribution in [3.63, 3.8) is 0 Å². The molecule has 1 aliphatic carbocycles. The van der Waals surface area contributed by atoms with Gasteiger partial charge in [0.2, 0.25) is 0 Å². The second-order valence-corrected chi connectivity index (χ2v) is 13.0. The summed E-state index contributed by atoms with van der Waals surface area (Å²) >= 11 is 0. The second-order valence-electron chi connectivity index (χ2n) is 13.0. The molecule has 2 heterocycles. The highest BCUT2D eigenvalue weighted by Gasteiger charge is 2.63. The van der Waals surface area contributed by atoms with Crippen molar-refractivity contribution in [2.24, 2.45) is 17.8 Å². The summed E-state index contributed by atoms with van der Waals surface area (Å²) in [6.07, 6.45) is 7.13. The second kappa shape index (κ2) is 15.1. The maximum atomic E-state index is 14.5. The number of likely N-dealkylation sites (tertiary alicyclic amines) is 1. The van der Waals surface area contributed by atoms with E-state index in [9.17, 15) is 14.4 Å². The number of ether oxygens (including phenoxy) is 4. The predicted molar refractivity (Wildman–Crippen MR) is 177 cm³/mol. The van der Waals surface area contributed by atoms with Crippen LogP contribution < -0.4 is 14.8 Å². The van der Waals surface area contributed by atoms with E-state index in [0.29, 0.717) is 17.2 Å². The van der Waals surface area contributed by atoms with Gasteiger partial charge < -0.3 is 24.3 Å². The Bertz CT molecular complexity index is 1440. The van der Waals surface area contributed by atoms with Crippen LogP contribution in [0.4, 0.5) is 9.59 Å². The number of benzene rings is 1. The molecule has 46 heavy (non-hydrogen) atoms. The number of nitrogens with one attached hydrogen (secondary N) is 1. The van der Waals surface area contributed by atoms with Crippen LogP contribution in [0.3, 0.4) is 0 Å². The van der Waals surface area contributed by atoms with Gasteiger partial charge in [-0.2, -0.15) is 9.28 Å². The summed E-state index contributed by atoms with van der Waals surface area (Å²) in [7, 11) is 2.87. The summed E-state index contributed by atoms with van der Waals surface area (Å²) in [6, 6.07) is 5.95. The van der Waals surface area contributed by atoms with E-state index in [1.807, 2.05) is 58.0 Å². The lowest BCUT2D eigenvalue weighted by Gasteiger charge is -2.35. The number of rotatable bonds is 12. The fraction of sp³-hybridized carbons (Fsp3) is 0.556. The van der Waals surface area contributed by atoms with Gasteiger partial charge in [0.15, 0.2) is 12.1 Å². The Morgan fingerprint density at radius 2 is 1.87 bits per heavy atom. The zero-order chi connectivity index (χ0) is 33.6. The Morgan fingerprint density at radius 1 is 1.11 bits per heavy atom. The fourth-order valence-corrected chi connectivity index (χ4v) is 7.01. The number of fused-ring (bicyclic) bond motifs is 1. The quantitative estimate of drug-likeness (QED) is 0.150. The normalized spacial score (nSPS) is 26.4. The van der Waals surface area contributed by atoms with E-state index in [-0.39, 0.29) is 30.4 Å². The largest absolute Gasteiger partial charge is 0.523 e. The van der Waals surface area contributed by atoms with Gasteiger partial charge in [0.25, 0.3) is 0 Å². The number of carbonyl (C=O) groups excluding carboxylic acids is 3. The number of methoxy groups -OCH3 is 2. The molecule has 2 fully saturated rings. The number of pyridine rings is 1. The first kappa shape index (κ1) is 34.9. The third-order valence-corrected chi connectivity index (χ3v) is 9.93. The number of quaternary nitrogens is 1. The van der Waals surface area contributed by atoms with E-state index in [1.54, 1.807) is 13.2 Å². The molecular formula is C36H50N3O7+. The molecule has 1 N–H and O–H groups in total. The third kappa shape index (κ3) is 7.07. The molecule has 2 aromatic rings. The number of hydrogen-bond acceptors (Lipinski definition) is 8. The highest BCUT2D eigenvalue weighted by atomic mass is 16.6. The zero-order valence-corrected chi connectivity index (χ0v) is 28.1. The number of unbranched alkanes of at least 4 members (excludes halogenated alkanes) is 1. The topological polar surface area (TPSA) is 113 Å². The van der Waals surface area contributed by atoms with Crippen molar-refractivity contribution >= 4 is 35.1 Å². The number of carbonyl (C=O) groups is 3. The van der Waals surface area contributed by atoms with Gasteiger partial charge in [-0.05, 0) is 87.6 Å². The summed E-state index contributed by atoms with van der Waals surface area (Å²) in [6.45, 7) is 15.2. The van der Waals surface area contributed by atoms with Crippen molar-refractivity contribution in [2.75, 3.05) is 20.8 Å². The molecule has 7 atom stereocenters. The lowest BCUT2D eigenvalue weighted by atomic mass is 9.98. The summed E-state index contributed by atoms with van der Waals surface area (Å²) in [4.78, 5) is 46.1. The minimum Gasteiger partial charge on any atom is -0.497 e. The van der Waals surface area contributed by atoms with Gasteiger partial charge in [-0.3, -0.25) is 0 Å². The van der Waals surface area contributed by atoms with Gasteiger partial charge in [-0.25, -0.2) is 14.6 Å². The van der Waals surface area contributed by atoms with Crippen LogP contribution in [0.25, 0.3) is 17.0 Å². The minimum atomic E-state index is -0.987. The van der Waals surface area contributed by atoms with Crippen molar-refractivity contribution in [3.8, 4) is 11.5 Å². The van der Waals surface area contributed by atoms with Gasteiger partial charge in [-0.15, -0.1) is 6.58 Å². The van der Waals surface area contributed by atoms with Gasteiger partial charge in [-0.1, -0.05) is 33.4 Å². The van der Waals surface area contributed by atoms with Crippen LogP contribution in [0.15, 0.2) is 43.5 Å². The SMILES string of the molecule is C=CCCC[C@@H]1CCC[C@H]1OC(=O)NC(C(=O)[N+]1(C(=O)OC)C[C@H](Oc2cc3cc(OC)ccc3nc2C=C)C(C)C1C)C(C)C. The van der Waals surface area contributed by atoms with Crippen LogP contribution in [0.2, 0.25) is 0 Å². The number of allylic oxidation sites excluding steroid dienone is 1. The maximum Gasteiger partial charge on any atom is 0.523 e. The highest BCUT2D eigenvalue weighted by molar-refractivity contribution is 5.88. The number of aromatic nitrogens is 1. The monoisotopic (exact) mass is 636 g/mol. The first-order valence-electron chi connectivity index (χ1n) is 16.4. The average Bonchev–Trinajstić information content (AvgIpc) is 3.59. The van der Waals surface area contributed by atoms with Gasteiger partial charge in [0.1, 0.15) is 35.9 Å². The first-order chi connectivity index (χ1) is 22.0. The molecule has 250 valence electrons. The summed E-state index contributed by atoms with van der Waals surface area (Å²) in [5, 5.41) is 3.65. The van der Waals surface area contributed by atoms with E-state index in [1.165, 1.54) is 7.11 Å². The number of amides is 3. The molecule has 10 heteroatoms. The molecule has 1 aromatic carbocycles. The first-order valence-corrected chi connectivity index (χ1v) is 16.4.